The molecule has 4 aliphatic rings. The maximum absolute atomic E-state index is 13.0. The number of hydrogen-bond acceptors (Lipinski definition) is 3. The molecule has 164 valence electrons. The van der Waals surface area contributed by atoms with Crippen molar-refractivity contribution in [2.24, 2.45) is 34.5 Å². The van der Waals surface area contributed by atoms with Crippen LogP contribution in [0.4, 0.5) is 0 Å². The summed E-state index contributed by atoms with van der Waals surface area (Å²) >= 11 is 0. The molecule has 0 bridgehead atoms. The number of hydrogen-bond donors (Lipinski definition) is 2. The Hall–Kier alpha value is -1.91. The van der Waals surface area contributed by atoms with E-state index in [4.69, 9.17) is 0 Å². The maximum Gasteiger partial charge on any atom is 0.331 e. The van der Waals surface area contributed by atoms with Gasteiger partial charge in [-0.05, 0) is 99.0 Å². The molecule has 7 atom stereocenters. The third kappa shape index (κ3) is 3.16. The molecule has 0 radical (unpaired) electrons. The van der Waals surface area contributed by atoms with Crippen LogP contribution in [0, 0.1) is 34.5 Å². The summed E-state index contributed by atoms with van der Waals surface area (Å²) in [5.41, 5.74) is 1.79. The van der Waals surface area contributed by atoms with Crippen molar-refractivity contribution in [2.75, 3.05) is 0 Å². The van der Waals surface area contributed by atoms with Gasteiger partial charge < -0.3 is 10.4 Å². The number of carboxylic acids is 1. The average Bonchev–Trinajstić information content (AvgIpc) is 3.04. The van der Waals surface area contributed by atoms with Gasteiger partial charge in [0.15, 0.2) is 5.78 Å². The van der Waals surface area contributed by atoms with Crippen LogP contribution >= 0.6 is 0 Å². The highest BCUT2D eigenvalue weighted by Crippen LogP contribution is 2.66. The Morgan fingerprint density at radius 2 is 1.87 bits per heavy atom. The number of nitrogens with one attached hydrogen (secondary N) is 1. The number of carbonyl (C=O) groups is 3. The molecule has 0 saturated heterocycles. The van der Waals surface area contributed by atoms with Gasteiger partial charge >= 0.3 is 5.97 Å². The predicted octanol–water partition coefficient (Wildman–Crippen LogP) is 4.28. The lowest BCUT2D eigenvalue weighted by molar-refractivity contribution is -0.134. The largest absolute Gasteiger partial charge is 0.478 e. The van der Waals surface area contributed by atoms with Crippen LogP contribution in [0.5, 0.6) is 0 Å². The second kappa shape index (κ2) is 7.35. The first kappa shape index (κ1) is 21.3. The SMILES string of the molecule is CC(=O)C(C)NC(=O)[C@H]1CC[C@H]2[C@@H]3CC=C4C=C(C(=O)O)CC[C@]4(C)[C@H]3CC[C@]12C. The van der Waals surface area contributed by atoms with Crippen LogP contribution in [0.25, 0.3) is 0 Å². The van der Waals surface area contributed by atoms with E-state index >= 15 is 0 Å². The normalized spacial score (nSPS) is 40.8. The fourth-order valence-corrected chi connectivity index (χ4v) is 7.34. The first-order valence-electron chi connectivity index (χ1n) is 11.5. The lowest BCUT2D eigenvalue weighted by Crippen LogP contribution is -2.52. The van der Waals surface area contributed by atoms with E-state index in [0.29, 0.717) is 29.7 Å². The van der Waals surface area contributed by atoms with Crippen LogP contribution in [0.2, 0.25) is 0 Å². The fourth-order valence-electron chi connectivity index (χ4n) is 7.34. The van der Waals surface area contributed by atoms with Crippen LogP contribution in [0.15, 0.2) is 23.3 Å². The van der Waals surface area contributed by atoms with Gasteiger partial charge in [0.25, 0.3) is 0 Å². The van der Waals surface area contributed by atoms with Gasteiger partial charge in [0.1, 0.15) is 0 Å². The molecule has 4 aliphatic carbocycles. The lowest BCUT2D eigenvalue weighted by Gasteiger charge is -2.57. The van der Waals surface area contributed by atoms with Crippen LogP contribution in [0.1, 0.15) is 72.6 Å². The molecular weight excluding hydrogens is 378 g/mol. The molecule has 2 fully saturated rings. The third-order valence-corrected chi connectivity index (χ3v) is 9.33. The third-order valence-electron chi connectivity index (χ3n) is 9.33. The second-order valence-electron chi connectivity index (χ2n) is 10.7. The highest BCUT2D eigenvalue weighted by molar-refractivity contribution is 5.88. The molecule has 5 heteroatoms. The van der Waals surface area contributed by atoms with Gasteiger partial charge in [0.05, 0.1) is 6.04 Å². The van der Waals surface area contributed by atoms with E-state index < -0.39 is 12.0 Å². The minimum Gasteiger partial charge on any atom is -0.478 e. The van der Waals surface area contributed by atoms with Crippen molar-refractivity contribution in [3.63, 3.8) is 0 Å². The van der Waals surface area contributed by atoms with Crippen molar-refractivity contribution >= 4 is 17.7 Å². The molecule has 5 nitrogen and oxygen atoms in total. The zero-order valence-corrected chi connectivity index (χ0v) is 18.7. The summed E-state index contributed by atoms with van der Waals surface area (Å²) in [5, 5.41) is 12.4. The Morgan fingerprint density at radius 1 is 1.13 bits per heavy atom. The van der Waals surface area contributed by atoms with Crippen molar-refractivity contribution in [2.45, 2.75) is 78.7 Å². The molecule has 2 saturated carbocycles. The average molecular weight is 414 g/mol. The number of amides is 1. The molecule has 0 aromatic carbocycles. The molecule has 0 aromatic heterocycles. The van der Waals surface area contributed by atoms with Gasteiger partial charge in [-0.1, -0.05) is 19.9 Å². The molecule has 0 spiro atoms. The van der Waals surface area contributed by atoms with E-state index in [1.165, 1.54) is 12.5 Å². The maximum atomic E-state index is 13.0. The van der Waals surface area contributed by atoms with E-state index in [9.17, 15) is 19.5 Å². The van der Waals surface area contributed by atoms with Gasteiger partial charge in [0.2, 0.25) is 5.91 Å². The van der Waals surface area contributed by atoms with Crippen LogP contribution in [-0.2, 0) is 14.4 Å². The van der Waals surface area contributed by atoms with Crippen molar-refractivity contribution in [1.29, 1.82) is 0 Å². The second-order valence-corrected chi connectivity index (χ2v) is 10.7. The molecule has 30 heavy (non-hydrogen) atoms. The van der Waals surface area contributed by atoms with Crippen LogP contribution in [-0.4, -0.2) is 28.8 Å². The van der Waals surface area contributed by atoms with E-state index in [1.807, 2.05) is 6.08 Å². The number of allylic oxidation sites excluding steroid dienone is 3. The minimum atomic E-state index is -0.791. The van der Waals surface area contributed by atoms with E-state index in [2.05, 4.69) is 25.2 Å². The quantitative estimate of drug-likeness (QED) is 0.720. The summed E-state index contributed by atoms with van der Waals surface area (Å²) in [6.07, 6.45) is 10.8. The number of carboxylic acid groups (broad SMARTS) is 1. The highest BCUT2D eigenvalue weighted by Gasteiger charge is 2.59. The fraction of sp³-hybridized carbons (Fsp3) is 0.720. The van der Waals surface area contributed by atoms with Gasteiger partial charge in [-0.15, -0.1) is 0 Å². The molecule has 2 N–H and O–H groups in total. The number of Topliss-reactive ketones (excluding diaryl/α,β-unsaturated/α-hetero) is 1. The Morgan fingerprint density at radius 3 is 2.53 bits per heavy atom. The summed E-state index contributed by atoms with van der Waals surface area (Å²) in [7, 11) is 0. The zero-order chi connectivity index (χ0) is 21.8. The van der Waals surface area contributed by atoms with E-state index in [1.54, 1.807) is 6.92 Å². The Kier molecular flexibility index (Phi) is 5.22. The van der Waals surface area contributed by atoms with Crippen LogP contribution < -0.4 is 5.32 Å². The number of carbonyl (C=O) groups excluding carboxylic acids is 2. The summed E-state index contributed by atoms with van der Waals surface area (Å²) in [6, 6.07) is -0.423. The van der Waals surface area contributed by atoms with Crippen molar-refractivity contribution in [3.05, 3.63) is 23.3 Å². The molecule has 0 aliphatic heterocycles. The summed E-state index contributed by atoms with van der Waals surface area (Å²) < 4.78 is 0. The zero-order valence-electron chi connectivity index (χ0n) is 18.7. The lowest BCUT2D eigenvalue weighted by atomic mass is 9.48. The van der Waals surface area contributed by atoms with E-state index in [-0.39, 0.29) is 28.4 Å². The monoisotopic (exact) mass is 413 g/mol. The van der Waals surface area contributed by atoms with Crippen molar-refractivity contribution in [3.8, 4) is 0 Å². The number of ketones is 1. The summed E-state index contributed by atoms with van der Waals surface area (Å²) in [5.74, 6) is 0.857. The topological polar surface area (TPSA) is 83.5 Å². The highest BCUT2D eigenvalue weighted by atomic mass is 16.4. The van der Waals surface area contributed by atoms with Gasteiger partial charge in [-0.3, -0.25) is 9.59 Å². The molecule has 1 unspecified atom stereocenters. The van der Waals surface area contributed by atoms with Gasteiger partial charge in [-0.2, -0.15) is 0 Å². The summed E-state index contributed by atoms with van der Waals surface area (Å²) in [6.45, 7) is 7.92. The van der Waals surface area contributed by atoms with Gasteiger partial charge in [-0.25, -0.2) is 4.79 Å². The summed E-state index contributed by atoms with van der Waals surface area (Å²) in [4.78, 5) is 36.1. The Balaban J connectivity index is 1.57. The standard InChI is InChI=1S/C25H35NO4/c1-14(15(2)27)26-22(28)21-8-7-19-18-6-5-17-13-16(23(29)30)9-11-24(17,3)20(18)10-12-25(19,21)4/h5,13-14,18-21H,6-12H2,1-4H3,(H,26,28)(H,29,30)/t14?,18-,19-,20-,21+,24-,25-/m0/s1. The Labute approximate surface area is 179 Å². The van der Waals surface area contributed by atoms with Crippen molar-refractivity contribution in [1.82, 2.24) is 5.32 Å². The number of fused-ring (bicyclic) bond motifs is 5. The first-order valence-corrected chi connectivity index (χ1v) is 11.5. The van der Waals surface area contributed by atoms with Crippen molar-refractivity contribution < 1.29 is 19.5 Å². The predicted molar refractivity (Wildman–Crippen MR) is 115 cm³/mol. The van der Waals surface area contributed by atoms with Gasteiger partial charge in [0, 0.05) is 11.5 Å². The molecule has 0 heterocycles. The molecule has 4 rings (SSSR count). The Bertz CT molecular complexity index is 842. The first-order chi connectivity index (χ1) is 14.1. The minimum absolute atomic E-state index is 0.00397. The smallest absolute Gasteiger partial charge is 0.331 e. The molecule has 1 amide bonds. The molecule has 0 aromatic rings. The number of rotatable bonds is 4. The van der Waals surface area contributed by atoms with Crippen LogP contribution in [0.3, 0.4) is 0 Å². The number of aliphatic carboxylic acids is 1. The van der Waals surface area contributed by atoms with E-state index in [0.717, 1.165) is 38.5 Å². The molecular formula is C25H35NO4.